The number of rotatable bonds is 4. The highest BCUT2D eigenvalue weighted by Gasteiger charge is 2.31. The maximum Gasteiger partial charge on any atom is 0.310 e. The van der Waals surface area contributed by atoms with E-state index in [1.807, 2.05) is 25.1 Å². The summed E-state index contributed by atoms with van der Waals surface area (Å²) in [5, 5.41) is 4.91. The summed E-state index contributed by atoms with van der Waals surface area (Å²) in [6.07, 6.45) is 3.10. The molecule has 1 aromatic heterocycles. The van der Waals surface area contributed by atoms with Gasteiger partial charge in [0.15, 0.2) is 0 Å². The van der Waals surface area contributed by atoms with Crippen LogP contribution in [0, 0.1) is 12.8 Å². The van der Waals surface area contributed by atoms with Crippen molar-refractivity contribution in [3.05, 3.63) is 46.7 Å². The van der Waals surface area contributed by atoms with Crippen molar-refractivity contribution in [1.29, 1.82) is 0 Å². The lowest BCUT2D eigenvalue weighted by Crippen LogP contribution is -2.43. The largest absolute Gasteiger partial charge is 0.466 e. The lowest BCUT2D eigenvalue weighted by atomic mass is 9.97. The smallest absolute Gasteiger partial charge is 0.310 e. The van der Waals surface area contributed by atoms with Gasteiger partial charge in [-0.2, -0.15) is 5.10 Å². The van der Waals surface area contributed by atoms with Crippen molar-refractivity contribution >= 4 is 23.5 Å². The van der Waals surface area contributed by atoms with Crippen molar-refractivity contribution in [3.63, 3.8) is 0 Å². The molecule has 0 radical (unpaired) electrons. The molecule has 6 nitrogen and oxygen atoms in total. The van der Waals surface area contributed by atoms with E-state index in [4.69, 9.17) is 16.3 Å². The monoisotopic (exact) mass is 375 g/mol. The van der Waals surface area contributed by atoms with Crippen LogP contribution < -0.4 is 0 Å². The Balaban J connectivity index is 1.80. The SMILES string of the molecule is CCOC(=O)[C@H]1CCCN(C(=O)c2cnn(-c3ccccc3Cl)c2C)C1. The number of carbonyl (C=O) groups excluding carboxylic acids is 2. The molecule has 138 valence electrons. The third-order valence-electron chi connectivity index (χ3n) is 4.65. The van der Waals surface area contributed by atoms with E-state index in [1.54, 1.807) is 28.8 Å². The van der Waals surface area contributed by atoms with Crippen LogP contribution in [0.3, 0.4) is 0 Å². The van der Waals surface area contributed by atoms with E-state index in [1.165, 1.54) is 0 Å². The maximum atomic E-state index is 13.0. The van der Waals surface area contributed by atoms with E-state index in [2.05, 4.69) is 5.10 Å². The Morgan fingerprint density at radius 1 is 1.35 bits per heavy atom. The van der Waals surface area contributed by atoms with E-state index in [0.29, 0.717) is 30.3 Å². The van der Waals surface area contributed by atoms with Crippen molar-refractivity contribution in [2.24, 2.45) is 5.92 Å². The van der Waals surface area contributed by atoms with Crippen molar-refractivity contribution in [3.8, 4) is 5.69 Å². The molecule has 0 aliphatic carbocycles. The first-order chi connectivity index (χ1) is 12.5. The molecule has 7 heteroatoms. The maximum absolute atomic E-state index is 13.0. The average Bonchev–Trinajstić information content (AvgIpc) is 3.03. The van der Waals surface area contributed by atoms with E-state index < -0.39 is 0 Å². The topological polar surface area (TPSA) is 64.4 Å². The summed E-state index contributed by atoms with van der Waals surface area (Å²) in [6, 6.07) is 7.36. The van der Waals surface area contributed by atoms with Gasteiger partial charge in [-0.15, -0.1) is 0 Å². The predicted molar refractivity (Wildman–Crippen MR) is 98.6 cm³/mol. The Hall–Kier alpha value is -2.34. The molecule has 1 aliphatic heterocycles. The molecule has 3 rings (SSSR count). The normalized spacial score (nSPS) is 17.2. The number of likely N-dealkylation sites (tertiary alicyclic amines) is 1. The molecular weight excluding hydrogens is 354 g/mol. The highest BCUT2D eigenvalue weighted by molar-refractivity contribution is 6.32. The number of para-hydroxylation sites is 1. The second kappa shape index (κ2) is 7.91. The lowest BCUT2D eigenvalue weighted by molar-refractivity contribution is -0.149. The zero-order valence-corrected chi connectivity index (χ0v) is 15.7. The number of piperidine rings is 1. The van der Waals surface area contributed by atoms with Crippen LogP contribution in [0.2, 0.25) is 5.02 Å². The molecule has 0 N–H and O–H groups in total. The van der Waals surface area contributed by atoms with Crippen LogP contribution in [0.1, 0.15) is 35.8 Å². The fourth-order valence-corrected chi connectivity index (χ4v) is 3.49. The fraction of sp³-hybridized carbons (Fsp3) is 0.421. The molecule has 0 saturated carbocycles. The number of hydrogen-bond acceptors (Lipinski definition) is 4. The van der Waals surface area contributed by atoms with Gasteiger partial charge in [0.1, 0.15) is 0 Å². The van der Waals surface area contributed by atoms with Gasteiger partial charge in [0.2, 0.25) is 0 Å². The van der Waals surface area contributed by atoms with Gasteiger partial charge in [-0.05, 0) is 38.8 Å². The Kier molecular flexibility index (Phi) is 5.61. The number of aromatic nitrogens is 2. The first-order valence-corrected chi connectivity index (χ1v) is 9.16. The summed E-state index contributed by atoms with van der Waals surface area (Å²) in [5.41, 5.74) is 1.98. The first-order valence-electron chi connectivity index (χ1n) is 8.78. The van der Waals surface area contributed by atoms with Gasteiger partial charge >= 0.3 is 5.97 Å². The highest BCUT2D eigenvalue weighted by Crippen LogP contribution is 2.24. The summed E-state index contributed by atoms with van der Waals surface area (Å²) < 4.78 is 6.77. The van der Waals surface area contributed by atoms with E-state index in [9.17, 15) is 9.59 Å². The standard InChI is InChI=1S/C19H22ClN3O3/c1-3-26-19(25)14-7-6-10-22(12-14)18(24)15-11-21-23(13(15)2)17-9-5-4-8-16(17)20/h4-5,8-9,11,14H,3,6-7,10,12H2,1-2H3/t14-/m0/s1. The summed E-state index contributed by atoms with van der Waals surface area (Å²) in [5.74, 6) is -0.602. The molecule has 1 amide bonds. The number of hydrogen-bond donors (Lipinski definition) is 0. The second-order valence-electron chi connectivity index (χ2n) is 6.35. The zero-order valence-electron chi connectivity index (χ0n) is 14.9. The Morgan fingerprint density at radius 3 is 2.85 bits per heavy atom. The first kappa shape index (κ1) is 18.5. The molecule has 2 heterocycles. The summed E-state index contributed by atoms with van der Waals surface area (Å²) in [6.45, 7) is 5.00. The van der Waals surface area contributed by atoms with E-state index in [-0.39, 0.29) is 17.8 Å². The minimum atomic E-state index is -0.258. The molecule has 0 unspecified atom stereocenters. The molecule has 0 bridgehead atoms. The van der Waals surface area contributed by atoms with Crippen molar-refractivity contribution in [2.45, 2.75) is 26.7 Å². The fourth-order valence-electron chi connectivity index (χ4n) is 3.27. The molecule has 26 heavy (non-hydrogen) atoms. The third-order valence-corrected chi connectivity index (χ3v) is 4.97. The minimum absolute atomic E-state index is 0.116. The third kappa shape index (κ3) is 3.60. The van der Waals surface area contributed by atoms with Gasteiger partial charge in [-0.25, -0.2) is 4.68 Å². The summed E-state index contributed by atoms with van der Waals surface area (Å²) >= 11 is 6.24. The van der Waals surface area contributed by atoms with Gasteiger partial charge < -0.3 is 9.64 Å². The van der Waals surface area contributed by atoms with Gasteiger partial charge in [-0.1, -0.05) is 23.7 Å². The number of carbonyl (C=O) groups is 2. The van der Waals surface area contributed by atoms with Crippen molar-refractivity contribution in [1.82, 2.24) is 14.7 Å². The molecule has 2 aromatic rings. The van der Waals surface area contributed by atoms with Crippen LogP contribution in [0.25, 0.3) is 5.69 Å². The highest BCUT2D eigenvalue weighted by atomic mass is 35.5. The van der Waals surface area contributed by atoms with Crippen LogP contribution in [-0.4, -0.2) is 46.3 Å². The molecule has 1 fully saturated rings. The average molecular weight is 376 g/mol. The molecular formula is C19H22ClN3O3. The number of benzene rings is 1. The van der Waals surface area contributed by atoms with Crippen LogP contribution in [0.4, 0.5) is 0 Å². The number of nitrogens with zero attached hydrogens (tertiary/aromatic N) is 3. The van der Waals surface area contributed by atoms with Crippen LogP contribution >= 0.6 is 11.6 Å². The van der Waals surface area contributed by atoms with E-state index >= 15 is 0 Å². The molecule has 1 saturated heterocycles. The number of ether oxygens (including phenoxy) is 1. The van der Waals surface area contributed by atoms with Crippen LogP contribution in [0.15, 0.2) is 30.5 Å². The van der Waals surface area contributed by atoms with E-state index in [0.717, 1.165) is 24.2 Å². The second-order valence-corrected chi connectivity index (χ2v) is 6.76. The molecule has 1 aliphatic rings. The molecule has 1 aromatic carbocycles. The van der Waals surface area contributed by atoms with Gasteiger partial charge in [0.25, 0.3) is 5.91 Å². The zero-order chi connectivity index (χ0) is 18.7. The lowest BCUT2D eigenvalue weighted by Gasteiger charge is -2.31. The quantitative estimate of drug-likeness (QED) is 0.769. The van der Waals surface area contributed by atoms with Gasteiger partial charge in [0.05, 0.1) is 40.7 Å². The van der Waals surface area contributed by atoms with Gasteiger partial charge in [0, 0.05) is 13.1 Å². The van der Waals surface area contributed by atoms with Crippen molar-refractivity contribution in [2.75, 3.05) is 19.7 Å². The molecule has 0 spiro atoms. The van der Waals surface area contributed by atoms with Gasteiger partial charge in [-0.3, -0.25) is 9.59 Å². The van der Waals surface area contributed by atoms with Crippen LogP contribution in [-0.2, 0) is 9.53 Å². The number of halogens is 1. The number of esters is 1. The van der Waals surface area contributed by atoms with Crippen LogP contribution in [0.5, 0.6) is 0 Å². The predicted octanol–water partition coefficient (Wildman–Crippen LogP) is 3.25. The summed E-state index contributed by atoms with van der Waals surface area (Å²) in [7, 11) is 0. The summed E-state index contributed by atoms with van der Waals surface area (Å²) in [4.78, 5) is 26.7. The molecule has 1 atom stereocenters. The number of amides is 1. The van der Waals surface area contributed by atoms with Crippen molar-refractivity contribution < 1.29 is 14.3 Å². The Morgan fingerprint density at radius 2 is 2.12 bits per heavy atom. The Labute approximate surface area is 157 Å². The minimum Gasteiger partial charge on any atom is -0.466 e. The Bertz CT molecular complexity index is 818.